The third kappa shape index (κ3) is 2.33. The molecule has 0 aliphatic rings. The predicted molar refractivity (Wildman–Crippen MR) is 55.4 cm³/mol. The lowest BCUT2D eigenvalue weighted by Gasteiger charge is -2.37. The molecule has 0 N–H and O–H groups in total. The number of hydrogen-bond donors (Lipinski definition) is 0. The lowest BCUT2D eigenvalue weighted by molar-refractivity contribution is 0.461. The van der Waals surface area contributed by atoms with Crippen molar-refractivity contribution in [2.24, 2.45) is 0 Å². The Labute approximate surface area is 77.3 Å². The maximum Gasteiger partial charge on any atom is 0.139 e. The van der Waals surface area contributed by atoms with E-state index in [1.807, 2.05) is 6.92 Å². The third-order valence-corrected chi connectivity index (χ3v) is 7.34. The first-order chi connectivity index (χ1) is 5.50. The van der Waals surface area contributed by atoms with E-state index in [4.69, 9.17) is 5.26 Å². The van der Waals surface area contributed by atoms with E-state index in [0.29, 0.717) is 0 Å². The van der Waals surface area contributed by atoms with Crippen molar-refractivity contribution in [2.45, 2.75) is 39.4 Å². The average Bonchev–Trinajstić information content (AvgIpc) is 2.04. The van der Waals surface area contributed by atoms with Crippen molar-refractivity contribution in [1.29, 1.82) is 5.26 Å². The van der Waals surface area contributed by atoms with Crippen LogP contribution < -0.4 is 0 Å². The Hall–Kier alpha value is -0.333. The van der Waals surface area contributed by atoms with Crippen molar-refractivity contribution in [2.75, 3.05) is 13.1 Å². The van der Waals surface area contributed by atoms with Gasteiger partial charge in [0.15, 0.2) is 0 Å². The molecule has 0 aliphatic carbocycles. The van der Waals surface area contributed by atoms with Crippen LogP contribution >= 0.6 is 0 Å². The summed E-state index contributed by atoms with van der Waals surface area (Å²) in [6.45, 7) is 13.1. The van der Waals surface area contributed by atoms with Gasteiger partial charge in [-0.25, -0.2) is 0 Å². The molecular weight excluding hydrogens is 164 g/mol. The Morgan fingerprint density at radius 1 is 1.33 bits per heavy atom. The SMILES string of the molecule is CCN(CC)[Si](C)(C)[C@H](C)C#N. The van der Waals surface area contributed by atoms with Gasteiger partial charge in [0.2, 0.25) is 0 Å². The minimum absolute atomic E-state index is 0.220. The van der Waals surface area contributed by atoms with Gasteiger partial charge in [-0.05, 0) is 13.1 Å². The summed E-state index contributed by atoms with van der Waals surface area (Å²) in [6.07, 6.45) is 0. The Kier molecular flexibility index (Phi) is 4.51. The minimum atomic E-state index is -1.46. The van der Waals surface area contributed by atoms with Crippen LogP contribution in [0.4, 0.5) is 0 Å². The summed E-state index contributed by atoms with van der Waals surface area (Å²) in [5.41, 5.74) is 0.220. The molecule has 0 aromatic carbocycles. The van der Waals surface area contributed by atoms with Gasteiger partial charge in [-0.1, -0.05) is 33.9 Å². The fourth-order valence-electron chi connectivity index (χ4n) is 1.47. The second-order valence-corrected chi connectivity index (χ2v) is 8.48. The lowest BCUT2D eigenvalue weighted by atomic mass is 10.5. The van der Waals surface area contributed by atoms with E-state index < -0.39 is 8.24 Å². The van der Waals surface area contributed by atoms with Crippen LogP contribution in [-0.4, -0.2) is 25.9 Å². The summed E-state index contributed by atoms with van der Waals surface area (Å²) in [5.74, 6) is 0. The largest absolute Gasteiger partial charge is 0.323 e. The van der Waals surface area contributed by atoms with Crippen molar-refractivity contribution in [3.63, 3.8) is 0 Å². The van der Waals surface area contributed by atoms with Gasteiger partial charge >= 0.3 is 0 Å². The molecular formula is C9H20N2Si. The third-order valence-electron chi connectivity index (χ3n) is 2.83. The molecule has 0 saturated heterocycles. The lowest BCUT2D eigenvalue weighted by Crippen LogP contribution is -2.50. The zero-order valence-corrected chi connectivity index (χ0v) is 9.89. The van der Waals surface area contributed by atoms with Gasteiger partial charge in [-0.3, -0.25) is 0 Å². The van der Waals surface area contributed by atoms with Gasteiger partial charge in [-0.2, -0.15) is 5.26 Å². The van der Waals surface area contributed by atoms with Crippen LogP contribution in [0.15, 0.2) is 0 Å². The van der Waals surface area contributed by atoms with Crippen LogP contribution in [0.5, 0.6) is 0 Å². The fourth-order valence-corrected chi connectivity index (χ4v) is 3.96. The van der Waals surface area contributed by atoms with Crippen molar-refractivity contribution >= 4 is 8.24 Å². The highest BCUT2D eigenvalue weighted by Gasteiger charge is 2.33. The highest BCUT2D eigenvalue weighted by atomic mass is 28.3. The zero-order valence-electron chi connectivity index (χ0n) is 8.89. The first-order valence-electron chi connectivity index (χ1n) is 4.65. The molecule has 0 fully saturated rings. The number of nitrogens with zero attached hydrogens (tertiary/aromatic N) is 2. The first-order valence-corrected chi connectivity index (χ1v) is 7.67. The Morgan fingerprint density at radius 3 is 2.00 bits per heavy atom. The van der Waals surface area contributed by atoms with E-state index in [0.717, 1.165) is 13.1 Å². The Morgan fingerprint density at radius 2 is 1.75 bits per heavy atom. The molecule has 0 aromatic rings. The Bertz CT molecular complexity index is 168. The normalized spacial score (nSPS) is 14.4. The molecule has 12 heavy (non-hydrogen) atoms. The predicted octanol–water partition coefficient (Wildman–Crippen LogP) is 2.45. The van der Waals surface area contributed by atoms with Crippen LogP contribution in [0.25, 0.3) is 0 Å². The molecule has 3 heteroatoms. The van der Waals surface area contributed by atoms with E-state index in [9.17, 15) is 0 Å². The molecule has 1 atom stereocenters. The molecule has 70 valence electrons. The summed E-state index contributed by atoms with van der Waals surface area (Å²) in [4.78, 5) is 0. The molecule has 0 heterocycles. The molecule has 0 unspecified atom stereocenters. The summed E-state index contributed by atoms with van der Waals surface area (Å²) in [7, 11) is -1.46. The molecule has 0 saturated carbocycles. The molecule has 0 amide bonds. The summed E-state index contributed by atoms with van der Waals surface area (Å²) < 4.78 is 2.46. The highest BCUT2D eigenvalue weighted by Crippen LogP contribution is 2.23. The number of rotatable bonds is 4. The summed E-state index contributed by atoms with van der Waals surface area (Å²) in [6, 6.07) is 2.37. The maximum atomic E-state index is 8.87. The molecule has 0 aliphatic heterocycles. The van der Waals surface area contributed by atoms with E-state index in [1.165, 1.54) is 0 Å². The van der Waals surface area contributed by atoms with Gasteiger partial charge in [0.25, 0.3) is 0 Å². The average molecular weight is 184 g/mol. The first kappa shape index (κ1) is 11.7. The summed E-state index contributed by atoms with van der Waals surface area (Å²) in [5, 5.41) is 8.87. The monoisotopic (exact) mass is 184 g/mol. The van der Waals surface area contributed by atoms with E-state index in [-0.39, 0.29) is 5.54 Å². The van der Waals surface area contributed by atoms with Crippen molar-refractivity contribution in [3.8, 4) is 6.07 Å². The number of hydrogen-bond acceptors (Lipinski definition) is 2. The zero-order chi connectivity index (χ0) is 9.78. The van der Waals surface area contributed by atoms with E-state index in [2.05, 4.69) is 37.6 Å². The van der Waals surface area contributed by atoms with Gasteiger partial charge in [0.05, 0.1) is 11.6 Å². The summed E-state index contributed by atoms with van der Waals surface area (Å²) >= 11 is 0. The quantitative estimate of drug-likeness (QED) is 0.628. The standard InChI is InChI=1S/C9H20N2Si/c1-6-11(7-2)12(4,5)9(3)8-10/h9H,6-7H2,1-5H3/t9-/m1/s1. The van der Waals surface area contributed by atoms with Gasteiger partial charge in [0.1, 0.15) is 8.24 Å². The second kappa shape index (κ2) is 4.63. The number of nitriles is 1. The Balaban J connectivity index is 4.47. The van der Waals surface area contributed by atoms with Gasteiger partial charge in [-0.15, -0.1) is 0 Å². The topological polar surface area (TPSA) is 27.0 Å². The molecule has 0 aromatic heterocycles. The second-order valence-electron chi connectivity index (χ2n) is 3.68. The molecule has 2 nitrogen and oxygen atoms in total. The van der Waals surface area contributed by atoms with E-state index in [1.54, 1.807) is 0 Å². The highest BCUT2D eigenvalue weighted by molar-refractivity contribution is 6.76. The maximum absolute atomic E-state index is 8.87. The molecule has 0 rings (SSSR count). The van der Waals surface area contributed by atoms with Gasteiger partial charge < -0.3 is 4.57 Å². The van der Waals surface area contributed by atoms with Crippen molar-refractivity contribution in [3.05, 3.63) is 0 Å². The molecule has 0 spiro atoms. The van der Waals surface area contributed by atoms with Crippen LogP contribution in [0, 0.1) is 11.3 Å². The van der Waals surface area contributed by atoms with Crippen LogP contribution in [-0.2, 0) is 0 Å². The van der Waals surface area contributed by atoms with Crippen LogP contribution in [0.1, 0.15) is 20.8 Å². The van der Waals surface area contributed by atoms with E-state index >= 15 is 0 Å². The van der Waals surface area contributed by atoms with Crippen molar-refractivity contribution < 1.29 is 0 Å². The van der Waals surface area contributed by atoms with Crippen LogP contribution in [0.3, 0.4) is 0 Å². The smallest absolute Gasteiger partial charge is 0.139 e. The van der Waals surface area contributed by atoms with Gasteiger partial charge in [0, 0.05) is 0 Å². The minimum Gasteiger partial charge on any atom is -0.323 e. The molecule has 0 bridgehead atoms. The molecule has 0 radical (unpaired) electrons. The van der Waals surface area contributed by atoms with Crippen molar-refractivity contribution in [1.82, 2.24) is 4.57 Å². The fraction of sp³-hybridized carbons (Fsp3) is 0.889. The van der Waals surface area contributed by atoms with Crippen LogP contribution in [0.2, 0.25) is 18.6 Å².